The predicted octanol–water partition coefficient (Wildman–Crippen LogP) is 3.54. The smallest absolute Gasteiger partial charge is 0.229 e. The number of anilines is 1. The van der Waals surface area contributed by atoms with Crippen LogP contribution in [0.4, 0.5) is 5.69 Å². The van der Waals surface area contributed by atoms with E-state index in [0.717, 1.165) is 36.2 Å². The van der Waals surface area contributed by atoms with Crippen LogP contribution in [0.25, 0.3) is 0 Å². The monoisotopic (exact) mass is 336 g/mol. The van der Waals surface area contributed by atoms with Crippen molar-refractivity contribution in [2.75, 3.05) is 11.4 Å². The maximum Gasteiger partial charge on any atom is 0.229 e. The number of hydrogen-bond acceptors (Lipinski definition) is 2. The van der Waals surface area contributed by atoms with Crippen molar-refractivity contribution in [3.05, 3.63) is 65.2 Å². The van der Waals surface area contributed by atoms with Gasteiger partial charge >= 0.3 is 0 Å². The van der Waals surface area contributed by atoms with Crippen LogP contribution in [0.15, 0.2) is 48.5 Å². The predicted molar refractivity (Wildman–Crippen MR) is 99.5 cm³/mol. The van der Waals surface area contributed by atoms with Gasteiger partial charge in [0.1, 0.15) is 0 Å². The lowest BCUT2D eigenvalue weighted by molar-refractivity contribution is -0.121. The second-order valence-electron chi connectivity index (χ2n) is 6.65. The summed E-state index contributed by atoms with van der Waals surface area (Å²) in [6, 6.07) is 15.7. The van der Waals surface area contributed by atoms with Gasteiger partial charge < -0.3 is 10.2 Å². The first-order valence-electron chi connectivity index (χ1n) is 8.76. The van der Waals surface area contributed by atoms with Crippen molar-refractivity contribution in [3.63, 3.8) is 0 Å². The molecule has 3 rings (SSSR count). The van der Waals surface area contributed by atoms with Gasteiger partial charge in [-0.15, -0.1) is 0 Å². The zero-order valence-corrected chi connectivity index (χ0v) is 14.8. The van der Waals surface area contributed by atoms with E-state index in [1.807, 2.05) is 54.3 Å². The minimum absolute atomic E-state index is 0.0477. The van der Waals surface area contributed by atoms with Gasteiger partial charge in [0.25, 0.3) is 0 Å². The molecule has 0 saturated carbocycles. The van der Waals surface area contributed by atoms with Crippen LogP contribution in [0, 0.1) is 6.92 Å². The van der Waals surface area contributed by atoms with Crippen molar-refractivity contribution in [1.82, 2.24) is 5.32 Å². The summed E-state index contributed by atoms with van der Waals surface area (Å²) in [6.45, 7) is 4.24. The normalized spacial score (nSPS) is 14.6. The van der Waals surface area contributed by atoms with Gasteiger partial charge in [0.15, 0.2) is 0 Å². The molecule has 0 saturated heterocycles. The molecule has 1 heterocycles. The van der Waals surface area contributed by atoms with E-state index in [0.29, 0.717) is 0 Å². The minimum atomic E-state index is -0.306. The van der Waals surface area contributed by atoms with Crippen molar-refractivity contribution in [3.8, 4) is 0 Å². The number of carbonyl (C=O) groups is 2. The molecule has 0 spiro atoms. The third kappa shape index (κ3) is 4.08. The summed E-state index contributed by atoms with van der Waals surface area (Å²) in [6.07, 6.45) is 2.24. The Labute approximate surface area is 148 Å². The highest BCUT2D eigenvalue weighted by Gasteiger charge is 2.25. The Morgan fingerprint density at radius 2 is 1.84 bits per heavy atom. The lowest BCUT2D eigenvalue weighted by Crippen LogP contribution is -2.38. The molecule has 2 amide bonds. The van der Waals surface area contributed by atoms with Crippen molar-refractivity contribution in [2.45, 2.75) is 39.2 Å². The second kappa shape index (κ2) is 7.51. The van der Waals surface area contributed by atoms with Crippen molar-refractivity contribution in [1.29, 1.82) is 0 Å². The van der Waals surface area contributed by atoms with E-state index >= 15 is 0 Å². The van der Waals surface area contributed by atoms with E-state index in [1.54, 1.807) is 0 Å². The highest BCUT2D eigenvalue weighted by molar-refractivity contribution is 5.95. The molecule has 1 unspecified atom stereocenters. The fraction of sp³-hybridized carbons (Fsp3) is 0.333. The van der Waals surface area contributed by atoms with Crippen LogP contribution in [-0.2, 0) is 16.0 Å². The van der Waals surface area contributed by atoms with Crippen molar-refractivity contribution < 1.29 is 9.59 Å². The van der Waals surface area contributed by atoms with Gasteiger partial charge in [0, 0.05) is 19.2 Å². The summed E-state index contributed by atoms with van der Waals surface area (Å²) in [7, 11) is 0. The van der Waals surface area contributed by atoms with Crippen LogP contribution in [0.3, 0.4) is 0 Å². The summed E-state index contributed by atoms with van der Waals surface area (Å²) >= 11 is 0. The van der Waals surface area contributed by atoms with Crippen LogP contribution in [-0.4, -0.2) is 18.4 Å². The fourth-order valence-electron chi connectivity index (χ4n) is 3.37. The molecule has 0 aromatic heterocycles. The van der Waals surface area contributed by atoms with E-state index in [2.05, 4.69) is 11.4 Å². The zero-order valence-electron chi connectivity index (χ0n) is 14.8. The minimum Gasteiger partial charge on any atom is -0.349 e. The molecule has 0 radical (unpaired) electrons. The Morgan fingerprint density at radius 1 is 1.12 bits per heavy atom. The van der Waals surface area contributed by atoms with Gasteiger partial charge in [0.2, 0.25) is 11.8 Å². The summed E-state index contributed by atoms with van der Waals surface area (Å²) in [5.41, 5.74) is 4.33. The Kier molecular flexibility index (Phi) is 5.17. The molecule has 0 aliphatic carbocycles. The molecule has 0 fully saturated rings. The number of fused-ring (bicyclic) bond motifs is 1. The Bertz CT molecular complexity index is 768. The van der Waals surface area contributed by atoms with Crippen molar-refractivity contribution in [2.24, 2.45) is 0 Å². The number of nitrogens with zero attached hydrogens (tertiary/aromatic N) is 1. The first-order chi connectivity index (χ1) is 12.0. The molecule has 1 aliphatic rings. The van der Waals surface area contributed by atoms with Crippen molar-refractivity contribution >= 4 is 17.5 Å². The highest BCUT2D eigenvalue weighted by Crippen LogP contribution is 2.29. The lowest BCUT2D eigenvalue weighted by atomic mass is 9.98. The third-order valence-electron chi connectivity index (χ3n) is 4.65. The summed E-state index contributed by atoms with van der Waals surface area (Å²) in [4.78, 5) is 26.4. The molecule has 4 nitrogen and oxygen atoms in total. The quantitative estimate of drug-likeness (QED) is 0.928. The summed E-state index contributed by atoms with van der Waals surface area (Å²) in [5.74, 6) is -0.0797. The van der Waals surface area contributed by atoms with Crippen LogP contribution < -0.4 is 10.2 Å². The van der Waals surface area contributed by atoms with Gasteiger partial charge in [-0.1, -0.05) is 48.0 Å². The molecular weight excluding hydrogens is 312 g/mol. The van der Waals surface area contributed by atoms with Gasteiger partial charge in [-0.25, -0.2) is 0 Å². The average Bonchev–Trinajstić information content (AvgIpc) is 2.61. The first-order valence-corrected chi connectivity index (χ1v) is 8.76. The number of amides is 2. The average molecular weight is 336 g/mol. The van der Waals surface area contributed by atoms with E-state index < -0.39 is 0 Å². The topological polar surface area (TPSA) is 49.4 Å². The Hall–Kier alpha value is -2.62. The van der Waals surface area contributed by atoms with Crippen LogP contribution in [0.1, 0.15) is 42.5 Å². The number of para-hydroxylation sites is 1. The molecule has 4 heteroatoms. The standard InChI is InChI=1S/C21H24N2O2/c1-15-9-11-17(12-10-15)19(22-16(2)24)14-21(25)23-13-5-7-18-6-3-4-8-20(18)23/h3-4,6,8-12,19H,5,7,13-14H2,1-2H3,(H,22,24). The fourth-order valence-corrected chi connectivity index (χ4v) is 3.37. The summed E-state index contributed by atoms with van der Waals surface area (Å²) < 4.78 is 0. The van der Waals surface area contributed by atoms with E-state index in [1.165, 1.54) is 12.5 Å². The highest BCUT2D eigenvalue weighted by atomic mass is 16.2. The molecule has 1 atom stereocenters. The molecule has 25 heavy (non-hydrogen) atoms. The molecule has 1 N–H and O–H groups in total. The Morgan fingerprint density at radius 3 is 2.56 bits per heavy atom. The van der Waals surface area contributed by atoms with Crippen LogP contribution >= 0.6 is 0 Å². The zero-order chi connectivity index (χ0) is 17.8. The Balaban J connectivity index is 1.81. The molecular formula is C21H24N2O2. The van der Waals surface area contributed by atoms with E-state index in [-0.39, 0.29) is 24.3 Å². The lowest BCUT2D eigenvalue weighted by Gasteiger charge is -2.31. The number of benzene rings is 2. The van der Waals surface area contributed by atoms with Crippen LogP contribution in [0.2, 0.25) is 0 Å². The maximum absolute atomic E-state index is 13.0. The van der Waals surface area contributed by atoms with E-state index in [4.69, 9.17) is 0 Å². The van der Waals surface area contributed by atoms with Crippen LogP contribution in [0.5, 0.6) is 0 Å². The number of aryl methyl sites for hydroxylation is 2. The molecule has 0 bridgehead atoms. The van der Waals surface area contributed by atoms with Gasteiger partial charge in [-0.05, 0) is 37.0 Å². The SMILES string of the molecule is CC(=O)NC(CC(=O)N1CCCc2ccccc21)c1ccc(C)cc1. The largest absolute Gasteiger partial charge is 0.349 e. The second-order valence-corrected chi connectivity index (χ2v) is 6.65. The van der Waals surface area contributed by atoms with E-state index in [9.17, 15) is 9.59 Å². The number of nitrogens with one attached hydrogen (secondary N) is 1. The number of rotatable bonds is 4. The molecule has 130 valence electrons. The first kappa shape index (κ1) is 17.2. The maximum atomic E-state index is 13.0. The van der Waals surface area contributed by atoms with Gasteiger partial charge in [-0.3, -0.25) is 9.59 Å². The summed E-state index contributed by atoms with van der Waals surface area (Å²) in [5, 5.41) is 2.92. The molecule has 2 aromatic carbocycles. The molecule has 1 aliphatic heterocycles. The number of carbonyl (C=O) groups excluding carboxylic acids is 2. The molecule has 2 aromatic rings. The third-order valence-corrected chi connectivity index (χ3v) is 4.65. The van der Waals surface area contributed by atoms with Gasteiger partial charge in [-0.2, -0.15) is 0 Å². The van der Waals surface area contributed by atoms with Gasteiger partial charge in [0.05, 0.1) is 12.5 Å². The number of hydrogen-bond donors (Lipinski definition) is 1.